The first-order valence-electron chi connectivity index (χ1n) is 6.40. The van der Waals surface area contributed by atoms with Crippen molar-refractivity contribution in [3.8, 4) is 11.5 Å². The second-order valence-electron chi connectivity index (χ2n) is 4.28. The van der Waals surface area contributed by atoms with Gasteiger partial charge < -0.3 is 9.47 Å². The zero-order chi connectivity index (χ0) is 14.4. The van der Waals surface area contributed by atoms with Crippen molar-refractivity contribution in [2.45, 2.75) is 12.8 Å². The fourth-order valence-electron chi connectivity index (χ4n) is 2.04. The molecule has 0 aliphatic rings. The molecule has 2 aromatic rings. The van der Waals surface area contributed by atoms with Gasteiger partial charge in [-0.25, -0.2) is 0 Å². The van der Waals surface area contributed by atoms with Gasteiger partial charge in [-0.3, -0.25) is 9.78 Å². The molecule has 0 aliphatic carbocycles. The van der Waals surface area contributed by atoms with E-state index in [1.807, 2.05) is 18.2 Å². The molecular formula is C16H17NO3. The minimum atomic E-state index is -0.00930. The molecule has 104 valence electrons. The topological polar surface area (TPSA) is 48.4 Å². The predicted octanol–water partition coefficient (Wildman–Crippen LogP) is 2.91. The van der Waals surface area contributed by atoms with Crippen LogP contribution in [0, 0.1) is 0 Å². The molecule has 4 nitrogen and oxygen atoms in total. The minimum Gasteiger partial charge on any atom is -0.496 e. The summed E-state index contributed by atoms with van der Waals surface area (Å²) in [6.45, 7) is 0. The third kappa shape index (κ3) is 3.15. The van der Waals surface area contributed by atoms with E-state index in [4.69, 9.17) is 9.47 Å². The summed E-state index contributed by atoms with van der Waals surface area (Å²) in [5.41, 5.74) is 1.39. The van der Waals surface area contributed by atoms with Crippen LogP contribution in [0.15, 0.2) is 42.6 Å². The zero-order valence-corrected chi connectivity index (χ0v) is 11.6. The quantitative estimate of drug-likeness (QED) is 0.758. The van der Waals surface area contributed by atoms with Crippen molar-refractivity contribution in [2.24, 2.45) is 0 Å². The summed E-state index contributed by atoms with van der Waals surface area (Å²) in [5, 5.41) is 0. The van der Waals surface area contributed by atoms with Crippen LogP contribution in [-0.4, -0.2) is 25.0 Å². The summed E-state index contributed by atoms with van der Waals surface area (Å²) in [6.07, 6.45) is 2.69. The van der Waals surface area contributed by atoms with Gasteiger partial charge in [-0.15, -0.1) is 0 Å². The van der Waals surface area contributed by atoms with E-state index in [0.717, 1.165) is 5.69 Å². The van der Waals surface area contributed by atoms with Gasteiger partial charge >= 0.3 is 0 Å². The molecule has 0 fully saturated rings. The number of nitrogens with zero attached hydrogens (tertiary/aromatic N) is 1. The zero-order valence-electron chi connectivity index (χ0n) is 11.6. The molecule has 0 atom stereocenters. The number of rotatable bonds is 6. The molecule has 20 heavy (non-hydrogen) atoms. The monoisotopic (exact) mass is 271 g/mol. The Morgan fingerprint density at radius 1 is 1.05 bits per heavy atom. The first-order chi connectivity index (χ1) is 9.76. The molecule has 0 saturated carbocycles. The maximum atomic E-state index is 12.4. The molecule has 0 bridgehead atoms. The molecule has 0 saturated heterocycles. The molecule has 1 aromatic carbocycles. The van der Waals surface area contributed by atoms with Crippen molar-refractivity contribution in [2.75, 3.05) is 14.2 Å². The second kappa shape index (κ2) is 6.70. The highest BCUT2D eigenvalue weighted by molar-refractivity contribution is 6.01. The number of ether oxygens (including phenoxy) is 2. The van der Waals surface area contributed by atoms with Gasteiger partial charge in [0, 0.05) is 18.3 Å². The Balaban J connectivity index is 2.16. The number of hydrogen-bond donors (Lipinski definition) is 0. The number of ketones is 1. The first kappa shape index (κ1) is 14.1. The van der Waals surface area contributed by atoms with Crippen LogP contribution in [0.3, 0.4) is 0 Å². The van der Waals surface area contributed by atoms with Crippen molar-refractivity contribution in [3.05, 3.63) is 53.9 Å². The van der Waals surface area contributed by atoms with Gasteiger partial charge in [0.2, 0.25) is 0 Å². The van der Waals surface area contributed by atoms with Gasteiger partial charge in [0.15, 0.2) is 5.78 Å². The van der Waals surface area contributed by atoms with E-state index < -0.39 is 0 Å². The molecule has 0 amide bonds. The van der Waals surface area contributed by atoms with E-state index in [2.05, 4.69) is 4.98 Å². The summed E-state index contributed by atoms with van der Waals surface area (Å²) in [4.78, 5) is 16.6. The number of methoxy groups -OCH3 is 2. The molecule has 1 aromatic heterocycles. The van der Waals surface area contributed by atoms with Crippen LogP contribution in [-0.2, 0) is 6.42 Å². The number of aromatic nitrogens is 1. The van der Waals surface area contributed by atoms with Crippen molar-refractivity contribution in [1.82, 2.24) is 4.98 Å². The fraction of sp³-hybridized carbons (Fsp3) is 0.250. The number of pyridine rings is 1. The number of carbonyl (C=O) groups excluding carboxylic acids is 1. The molecule has 1 heterocycles. The van der Waals surface area contributed by atoms with E-state index >= 15 is 0 Å². The maximum absolute atomic E-state index is 12.4. The lowest BCUT2D eigenvalue weighted by Gasteiger charge is -2.11. The van der Waals surface area contributed by atoms with Gasteiger partial charge in [-0.1, -0.05) is 12.1 Å². The molecule has 0 radical (unpaired) electrons. The molecule has 0 unspecified atom stereocenters. The van der Waals surface area contributed by atoms with Crippen molar-refractivity contribution in [1.29, 1.82) is 0 Å². The van der Waals surface area contributed by atoms with Gasteiger partial charge in [-0.2, -0.15) is 0 Å². The van der Waals surface area contributed by atoms with E-state index in [9.17, 15) is 4.79 Å². The highest BCUT2D eigenvalue weighted by Crippen LogP contribution is 2.29. The van der Waals surface area contributed by atoms with Crippen LogP contribution < -0.4 is 9.47 Å². The summed E-state index contributed by atoms with van der Waals surface area (Å²) >= 11 is 0. The lowest BCUT2D eigenvalue weighted by molar-refractivity contribution is 0.0976. The second-order valence-corrected chi connectivity index (χ2v) is 4.28. The molecule has 4 heteroatoms. The van der Waals surface area contributed by atoms with E-state index in [-0.39, 0.29) is 5.78 Å². The maximum Gasteiger partial charge on any atom is 0.170 e. The lowest BCUT2D eigenvalue weighted by Crippen LogP contribution is -2.06. The molecular weight excluding hydrogens is 254 g/mol. The summed E-state index contributed by atoms with van der Waals surface area (Å²) in [6, 6.07) is 11.0. The van der Waals surface area contributed by atoms with E-state index in [0.29, 0.717) is 29.9 Å². The third-order valence-corrected chi connectivity index (χ3v) is 3.04. The first-order valence-corrected chi connectivity index (χ1v) is 6.40. The number of hydrogen-bond acceptors (Lipinski definition) is 4. The average Bonchev–Trinajstić information content (AvgIpc) is 2.52. The Bertz CT molecular complexity index is 559. The largest absolute Gasteiger partial charge is 0.496 e. The summed E-state index contributed by atoms with van der Waals surface area (Å²) < 4.78 is 10.5. The number of Topliss-reactive ketones (excluding diaryl/α,β-unsaturated/α-hetero) is 1. The molecule has 0 aliphatic heterocycles. The molecule has 2 rings (SSSR count). The van der Waals surface area contributed by atoms with Crippen molar-refractivity contribution >= 4 is 5.78 Å². The van der Waals surface area contributed by atoms with E-state index in [1.165, 1.54) is 0 Å². The third-order valence-electron chi connectivity index (χ3n) is 3.04. The number of carbonyl (C=O) groups is 1. The minimum absolute atomic E-state index is 0.00930. The van der Waals surface area contributed by atoms with Gasteiger partial charge in [0.1, 0.15) is 17.1 Å². The predicted molar refractivity (Wildman–Crippen MR) is 76.4 cm³/mol. The lowest BCUT2D eigenvalue weighted by atomic mass is 10.0. The average molecular weight is 271 g/mol. The number of aryl methyl sites for hydroxylation is 1. The summed E-state index contributed by atoms with van der Waals surface area (Å²) in [5.74, 6) is 1.07. The van der Waals surface area contributed by atoms with Gasteiger partial charge in [0.05, 0.1) is 14.2 Å². The van der Waals surface area contributed by atoms with Crippen molar-refractivity contribution < 1.29 is 14.3 Å². The van der Waals surface area contributed by atoms with E-state index in [1.54, 1.807) is 38.6 Å². The molecule has 0 N–H and O–H groups in total. The van der Waals surface area contributed by atoms with Crippen LogP contribution in [0.4, 0.5) is 0 Å². The Kier molecular flexibility index (Phi) is 4.71. The molecule has 0 spiro atoms. The normalized spacial score (nSPS) is 10.1. The van der Waals surface area contributed by atoms with Crippen LogP contribution in [0.5, 0.6) is 11.5 Å². The Hall–Kier alpha value is -2.36. The van der Waals surface area contributed by atoms with Gasteiger partial charge in [0.25, 0.3) is 0 Å². The van der Waals surface area contributed by atoms with Crippen LogP contribution in [0.2, 0.25) is 0 Å². The number of benzene rings is 1. The van der Waals surface area contributed by atoms with Crippen LogP contribution in [0.1, 0.15) is 22.5 Å². The van der Waals surface area contributed by atoms with Crippen molar-refractivity contribution in [3.63, 3.8) is 0 Å². The highest BCUT2D eigenvalue weighted by atomic mass is 16.5. The highest BCUT2D eigenvalue weighted by Gasteiger charge is 2.17. The standard InChI is InChI=1S/C16H17NO3/c1-19-14-7-5-8-15(20-2)16(14)13(18)10-9-12-6-3-4-11-17-12/h3-8,11H,9-10H2,1-2H3. The Labute approximate surface area is 118 Å². The smallest absolute Gasteiger partial charge is 0.170 e. The Morgan fingerprint density at radius 3 is 2.30 bits per heavy atom. The van der Waals surface area contributed by atoms with Gasteiger partial charge in [-0.05, 0) is 30.7 Å². The van der Waals surface area contributed by atoms with Crippen LogP contribution in [0.25, 0.3) is 0 Å². The van der Waals surface area contributed by atoms with Crippen LogP contribution >= 0.6 is 0 Å². The fourth-order valence-corrected chi connectivity index (χ4v) is 2.04. The summed E-state index contributed by atoms with van der Waals surface area (Å²) in [7, 11) is 3.09. The Morgan fingerprint density at radius 2 is 1.75 bits per heavy atom. The SMILES string of the molecule is COc1cccc(OC)c1C(=O)CCc1ccccn1.